The Hall–Kier alpha value is -2.76. The van der Waals surface area contributed by atoms with Crippen LogP contribution in [0.2, 0.25) is 0 Å². The fourth-order valence-corrected chi connectivity index (χ4v) is 5.07. The Morgan fingerprint density at radius 2 is 1.67 bits per heavy atom. The molecule has 0 aliphatic carbocycles. The molecular formula is C23H24N3O3P. The van der Waals surface area contributed by atoms with Crippen LogP contribution >= 0.6 is 7.60 Å². The van der Waals surface area contributed by atoms with Gasteiger partial charge in [0.2, 0.25) is 0 Å². The quantitative estimate of drug-likeness (QED) is 0.342. The monoisotopic (exact) mass is 421 g/mol. The molecule has 0 aliphatic rings. The predicted molar refractivity (Wildman–Crippen MR) is 118 cm³/mol. The highest BCUT2D eigenvalue weighted by atomic mass is 31.2. The average molecular weight is 421 g/mol. The summed E-state index contributed by atoms with van der Waals surface area (Å²) in [6, 6.07) is 24.6. The molecule has 3 atom stereocenters. The largest absolute Gasteiger partial charge is 0.349 e. The first-order chi connectivity index (χ1) is 14.6. The van der Waals surface area contributed by atoms with Crippen molar-refractivity contribution in [2.75, 3.05) is 6.61 Å². The first-order valence-electron chi connectivity index (χ1n) is 9.85. The van der Waals surface area contributed by atoms with Crippen LogP contribution in [0.4, 0.5) is 0 Å². The minimum atomic E-state index is -4.00. The highest BCUT2D eigenvalue weighted by molar-refractivity contribution is 7.53. The number of benzene rings is 3. The summed E-state index contributed by atoms with van der Waals surface area (Å²) in [6.45, 7) is 1.85. The molecule has 7 heteroatoms. The first-order valence-corrected chi connectivity index (χ1v) is 11.5. The van der Waals surface area contributed by atoms with Crippen molar-refractivity contribution < 1.29 is 14.0 Å². The second-order valence-electron chi connectivity index (χ2n) is 6.95. The smallest absolute Gasteiger partial charge is 0.345 e. The van der Waals surface area contributed by atoms with Gasteiger partial charge in [-0.15, -0.1) is 0 Å². The normalized spacial score (nSPS) is 15.5. The molecule has 1 heterocycles. The molecule has 0 bridgehead atoms. The van der Waals surface area contributed by atoms with Gasteiger partial charge < -0.3 is 14.4 Å². The summed E-state index contributed by atoms with van der Waals surface area (Å²) in [5, 5.41) is 3.42. The van der Waals surface area contributed by atoms with E-state index in [0.29, 0.717) is 5.56 Å². The Bertz CT molecular complexity index is 1150. The van der Waals surface area contributed by atoms with E-state index in [-0.39, 0.29) is 12.6 Å². The lowest BCUT2D eigenvalue weighted by Gasteiger charge is -2.29. The number of rotatable bonds is 8. The fourth-order valence-electron chi connectivity index (χ4n) is 3.66. The third kappa shape index (κ3) is 4.23. The lowest BCUT2D eigenvalue weighted by atomic mass is 9.97. The number of H-pyrrole nitrogens is 1. The van der Waals surface area contributed by atoms with Gasteiger partial charge in [-0.1, -0.05) is 72.8 Å². The Morgan fingerprint density at radius 3 is 2.33 bits per heavy atom. The molecule has 4 rings (SSSR count). The lowest BCUT2D eigenvalue weighted by molar-refractivity contribution is 0.256. The summed E-state index contributed by atoms with van der Waals surface area (Å²) in [5.74, 6) is -0.905. The van der Waals surface area contributed by atoms with Crippen LogP contribution in [0, 0.1) is 0 Å². The highest BCUT2D eigenvalue weighted by Crippen LogP contribution is 2.56. The minimum Gasteiger partial charge on any atom is -0.345 e. The standard InChI is InChI=1S/C23H24N3O3P/c1-2-29-30(27,28)23(18-12-7-4-8-13-18)26-21(17-10-5-3-6-11-17)19-14-9-15-20-22(19)25-16-24-20/h3-16,21,23,26H,2H2,1H3,(H,24,25)(H,27,28). The molecule has 1 aromatic heterocycles. The van der Waals surface area contributed by atoms with Crippen LogP contribution in [0.25, 0.3) is 11.0 Å². The molecule has 0 saturated carbocycles. The van der Waals surface area contributed by atoms with Gasteiger partial charge in [-0.3, -0.25) is 9.88 Å². The van der Waals surface area contributed by atoms with Crippen molar-refractivity contribution in [1.82, 2.24) is 15.3 Å². The molecule has 4 aromatic rings. The molecule has 0 radical (unpaired) electrons. The van der Waals surface area contributed by atoms with Crippen molar-refractivity contribution in [3.63, 3.8) is 0 Å². The second kappa shape index (κ2) is 8.94. The van der Waals surface area contributed by atoms with Crippen molar-refractivity contribution in [1.29, 1.82) is 0 Å². The molecule has 0 saturated heterocycles. The van der Waals surface area contributed by atoms with Crippen LogP contribution in [0.15, 0.2) is 85.2 Å². The Kier molecular flexibility index (Phi) is 6.11. The molecule has 30 heavy (non-hydrogen) atoms. The van der Waals surface area contributed by atoms with Gasteiger partial charge in [-0.25, -0.2) is 4.98 Å². The van der Waals surface area contributed by atoms with Crippen LogP contribution in [0.1, 0.15) is 35.4 Å². The molecule has 0 spiro atoms. The number of nitrogens with one attached hydrogen (secondary N) is 2. The van der Waals surface area contributed by atoms with Gasteiger partial charge in [0.05, 0.1) is 30.0 Å². The van der Waals surface area contributed by atoms with Crippen LogP contribution in [0.3, 0.4) is 0 Å². The van der Waals surface area contributed by atoms with E-state index in [1.807, 2.05) is 78.9 Å². The van der Waals surface area contributed by atoms with E-state index in [9.17, 15) is 9.46 Å². The summed E-state index contributed by atoms with van der Waals surface area (Å²) in [7, 11) is -4.00. The SMILES string of the molecule is CCOP(=O)(O)C(NC(c1ccccc1)c1cccc2[nH]cnc12)c1ccccc1. The maximum atomic E-state index is 13.2. The Morgan fingerprint density at radius 1 is 1.00 bits per heavy atom. The van der Waals surface area contributed by atoms with Gasteiger partial charge in [0.15, 0.2) is 0 Å². The number of hydrogen-bond donors (Lipinski definition) is 3. The van der Waals surface area contributed by atoms with Crippen molar-refractivity contribution in [2.45, 2.75) is 18.7 Å². The summed E-state index contributed by atoms with van der Waals surface area (Å²) >= 11 is 0. The lowest BCUT2D eigenvalue weighted by Crippen LogP contribution is -2.28. The van der Waals surface area contributed by atoms with Crippen LogP contribution < -0.4 is 5.32 Å². The second-order valence-corrected chi connectivity index (χ2v) is 8.85. The maximum absolute atomic E-state index is 13.2. The number of hydrogen-bond acceptors (Lipinski definition) is 4. The van der Waals surface area contributed by atoms with E-state index in [2.05, 4.69) is 15.3 Å². The van der Waals surface area contributed by atoms with Gasteiger partial charge in [0, 0.05) is 5.56 Å². The summed E-state index contributed by atoms with van der Waals surface area (Å²) in [4.78, 5) is 18.4. The van der Waals surface area contributed by atoms with E-state index in [0.717, 1.165) is 22.2 Å². The molecule has 0 amide bonds. The molecule has 0 aliphatic heterocycles. The summed E-state index contributed by atoms with van der Waals surface area (Å²) in [5.41, 5.74) is 4.29. The predicted octanol–water partition coefficient (Wildman–Crippen LogP) is 5.16. The van der Waals surface area contributed by atoms with E-state index in [1.165, 1.54) is 0 Å². The first kappa shape index (κ1) is 20.5. The number of imidazole rings is 1. The fraction of sp³-hybridized carbons (Fsp3) is 0.174. The zero-order valence-corrected chi connectivity index (χ0v) is 17.5. The molecule has 154 valence electrons. The van der Waals surface area contributed by atoms with Gasteiger partial charge in [0.1, 0.15) is 5.78 Å². The zero-order valence-electron chi connectivity index (χ0n) is 16.6. The van der Waals surface area contributed by atoms with E-state index >= 15 is 0 Å². The topological polar surface area (TPSA) is 87.2 Å². The third-order valence-corrected chi connectivity index (χ3v) is 6.73. The van der Waals surface area contributed by atoms with Crippen molar-refractivity contribution in [2.24, 2.45) is 0 Å². The van der Waals surface area contributed by atoms with Gasteiger partial charge in [0.25, 0.3) is 0 Å². The molecule has 6 nitrogen and oxygen atoms in total. The van der Waals surface area contributed by atoms with Gasteiger partial charge in [-0.2, -0.15) is 0 Å². The van der Waals surface area contributed by atoms with Crippen LogP contribution in [-0.2, 0) is 9.09 Å². The van der Waals surface area contributed by atoms with E-state index < -0.39 is 13.4 Å². The number of fused-ring (bicyclic) bond motifs is 1. The molecule has 3 N–H and O–H groups in total. The molecule has 3 aromatic carbocycles. The van der Waals surface area contributed by atoms with E-state index in [4.69, 9.17) is 4.52 Å². The number of aromatic nitrogens is 2. The third-order valence-electron chi connectivity index (χ3n) is 5.01. The van der Waals surface area contributed by atoms with Gasteiger partial charge >= 0.3 is 7.60 Å². The van der Waals surface area contributed by atoms with Crippen LogP contribution in [-0.4, -0.2) is 21.5 Å². The molecule has 3 unspecified atom stereocenters. The Labute approximate surface area is 175 Å². The summed E-state index contributed by atoms with van der Waals surface area (Å²) in [6.07, 6.45) is 1.65. The number of aromatic amines is 1. The van der Waals surface area contributed by atoms with Crippen molar-refractivity contribution >= 4 is 18.6 Å². The minimum absolute atomic E-state index is 0.143. The van der Waals surface area contributed by atoms with Crippen molar-refractivity contribution in [3.05, 3.63) is 102 Å². The molecular weight excluding hydrogens is 397 g/mol. The van der Waals surface area contributed by atoms with E-state index in [1.54, 1.807) is 13.3 Å². The van der Waals surface area contributed by atoms with Gasteiger partial charge in [-0.05, 0) is 24.1 Å². The summed E-state index contributed by atoms with van der Waals surface area (Å²) < 4.78 is 18.5. The maximum Gasteiger partial charge on any atom is 0.349 e. The number of para-hydroxylation sites is 1. The van der Waals surface area contributed by atoms with Crippen molar-refractivity contribution in [3.8, 4) is 0 Å². The highest BCUT2D eigenvalue weighted by Gasteiger charge is 2.36. The molecule has 0 fully saturated rings. The zero-order chi connectivity index (χ0) is 21.0. The average Bonchev–Trinajstić information content (AvgIpc) is 3.25. The Balaban J connectivity index is 1.84. The van der Waals surface area contributed by atoms with Crippen LogP contribution in [0.5, 0.6) is 0 Å². The number of nitrogens with zero attached hydrogens (tertiary/aromatic N) is 1.